The number of hydrogen-bond acceptors (Lipinski definition) is 2. The summed E-state index contributed by atoms with van der Waals surface area (Å²) in [7, 11) is 4.02. The van der Waals surface area contributed by atoms with E-state index in [1.807, 2.05) is 14.1 Å². The number of ketones is 1. The zero-order valence-electron chi connectivity index (χ0n) is 14.8. The molecule has 0 unspecified atom stereocenters. The molecule has 0 spiro atoms. The molecule has 0 aliphatic rings. The topological polar surface area (TPSA) is 20.3 Å². The molecule has 21 heavy (non-hydrogen) atoms. The molecule has 0 fully saturated rings. The molecule has 1 aromatic rings. The van der Waals surface area contributed by atoms with E-state index in [2.05, 4.69) is 63.8 Å². The fourth-order valence-corrected chi connectivity index (χ4v) is 3.00. The van der Waals surface area contributed by atoms with Crippen LogP contribution in [-0.2, 0) is 16.6 Å². The van der Waals surface area contributed by atoms with Crippen molar-refractivity contribution in [2.24, 2.45) is 0 Å². The molecule has 1 rings (SSSR count). The lowest BCUT2D eigenvalue weighted by atomic mass is 9.82. The lowest BCUT2D eigenvalue weighted by Gasteiger charge is -2.37. The Morgan fingerprint density at radius 2 is 1.48 bits per heavy atom. The molecular weight excluding hydrogens is 258 g/mol. The van der Waals surface area contributed by atoms with E-state index >= 15 is 0 Å². The van der Waals surface area contributed by atoms with Crippen molar-refractivity contribution in [3.8, 4) is 0 Å². The van der Waals surface area contributed by atoms with Crippen molar-refractivity contribution in [3.63, 3.8) is 0 Å². The molecule has 0 atom stereocenters. The molecule has 0 aliphatic heterocycles. The van der Waals surface area contributed by atoms with Crippen molar-refractivity contribution >= 4 is 5.78 Å². The van der Waals surface area contributed by atoms with E-state index in [-0.39, 0.29) is 11.0 Å². The van der Waals surface area contributed by atoms with E-state index in [0.717, 1.165) is 18.4 Å². The van der Waals surface area contributed by atoms with Gasteiger partial charge < -0.3 is 0 Å². The van der Waals surface area contributed by atoms with Gasteiger partial charge in [-0.05, 0) is 43.5 Å². The van der Waals surface area contributed by atoms with Gasteiger partial charge >= 0.3 is 0 Å². The van der Waals surface area contributed by atoms with Gasteiger partial charge in [-0.15, -0.1) is 0 Å². The lowest BCUT2D eigenvalue weighted by Crippen LogP contribution is -2.50. The Hall–Kier alpha value is -1.15. The number of nitrogens with zero attached hydrogens (tertiary/aromatic N) is 1. The minimum Gasteiger partial charge on any atom is -0.297 e. The second-order valence-electron chi connectivity index (χ2n) is 7.18. The average Bonchev–Trinajstić information content (AvgIpc) is 2.40. The number of rotatable bonds is 6. The van der Waals surface area contributed by atoms with Crippen LogP contribution in [0.25, 0.3) is 0 Å². The van der Waals surface area contributed by atoms with Crippen molar-refractivity contribution in [2.75, 3.05) is 14.1 Å². The van der Waals surface area contributed by atoms with Crippen LogP contribution < -0.4 is 0 Å². The lowest BCUT2D eigenvalue weighted by molar-refractivity contribution is -0.129. The summed E-state index contributed by atoms with van der Waals surface area (Å²) in [6, 6.07) is 8.50. The highest BCUT2D eigenvalue weighted by molar-refractivity contribution is 5.90. The molecule has 0 N–H and O–H groups in total. The molecule has 0 amide bonds. The van der Waals surface area contributed by atoms with Crippen LogP contribution >= 0.6 is 0 Å². The zero-order valence-corrected chi connectivity index (χ0v) is 14.8. The predicted molar refractivity (Wildman–Crippen MR) is 90.9 cm³/mol. The zero-order chi connectivity index (χ0) is 16.3. The highest BCUT2D eigenvalue weighted by Crippen LogP contribution is 2.26. The summed E-state index contributed by atoms with van der Waals surface area (Å²) in [6.07, 6.45) is 2.23. The molecule has 2 nitrogen and oxygen atoms in total. The monoisotopic (exact) mass is 289 g/mol. The molecule has 0 saturated carbocycles. The van der Waals surface area contributed by atoms with E-state index in [4.69, 9.17) is 0 Å². The second kappa shape index (κ2) is 6.74. The Bertz CT molecular complexity index is 461. The highest BCUT2D eigenvalue weighted by atomic mass is 16.1. The SMILES string of the molecule is CCC(CC)(C(=O)Cc1ccc(C(C)(C)C)cc1)N(C)C. The summed E-state index contributed by atoms with van der Waals surface area (Å²) in [4.78, 5) is 14.9. The third kappa shape index (κ3) is 3.94. The van der Waals surface area contributed by atoms with Crippen molar-refractivity contribution in [2.45, 2.75) is 64.8 Å². The predicted octanol–water partition coefficient (Wildman–Crippen LogP) is 4.22. The van der Waals surface area contributed by atoms with Crippen molar-refractivity contribution < 1.29 is 4.79 Å². The normalized spacial score (nSPS) is 12.8. The van der Waals surface area contributed by atoms with Gasteiger partial charge in [0.05, 0.1) is 5.54 Å². The molecular formula is C19H31NO. The summed E-state index contributed by atoms with van der Waals surface area (Å²) in [6.45, 7) is 10.8. The van der Waals surface area contributed by atoms with Crippen LogP contribution in [0, 0.1) is 0 Å². The molecule has 0 radical (unpaired) electrons. The van der Waals surface area contributed by atoms with Crippen molar-refractivity contribution in [1.82, 2.24) is 4.90 Å². The van der Waals surface area contributed by atoms with Crippen LogP contribution in [0.15, 0.2) is 24.3 Å². The summed E-state index contributed by atoms with van der Waals surface area (Å²) in [5.41, 5.74) is 2.25. The standard InChI is InChI=1S/C19H31NO/c1-8-19(9-2,20(6)7)17(21)14-15-10-12-16(13-11-15)18(3,4)5/h10-13H,8-9,14H2,1-7H3. The van der Waals surface area contributed by atoms with Crippen molar-refractivity contribution in [3.05, 3.63) is 35.4 Å². The number of carbonyl (C=O) groups is 1. The third-order valence-electron chi connectivity index (χ3n) is 4.73. The maximum atomic E-state index is 12.8. The summed E-state index contributed by atoms with van der Waals surface area (Å²) in [5.74, 6) is 0.320. The maximum absolute atomic E-state index is 12.8. The fraction of sp³-hybridized carbons (Fsp3) is 0.632. The van der Waals surface area contributed by atoms with Crippen LogP contribution in [0.3, 0.4) is 0 Å². The van der Waals surface area contributed by atoms with Gasteiger partial charge in [0.15, 0.2) is 5.78 Å². The Morgan fingerprint density at radius 1 is 1.00 bits per heavy atom. The quantitative estimate of drug-likeness (QED) is 0.781. The van der Waals surface area contributed by atoms with Crippen LogP contribution in [0.5, 0.6) is 0 Å². The summed E-state index contributed by atoms with van der Waals surface area (Å²) in [5, 5.41) is 0. The number of benzene rings is 1. The number of likely N-dealkylation sites (N-methyl/N-ethyl adjacent to an activating group) is 1. The molecule has 0 aliphatic carbocycles. The molecule has 0 heterocycles. The highest BCUT2D eigenvalue weighted by Gasteiger charge is 2.36. The van der Waals surface area contributed by atoms with Crippen LogP contribution in [0.1, 0.15) is 58.6 Å². The molecule has 1 aromatic carbocycles. The summed E-state index contributed by atoms with van der Waals surface area (Å²) < 4.78 is 0. The van der Waals surface area contributed by atoms with E-state index in [1.54, 1.807) is 0 Å². The smallest absolute Gasteiger partial charge is 0.157 e. The summed E-state index contributed by atoms with van der Waals surface area (Å²) >= 11 is 0. The van der Waals surface area contributed by atoms with E-state index in [9.17, 15) is 4.79 Å². The van der Waals surface area contributed by atoms with E-state index < -0.39 is 0 Å². The molecule has 0 saturated heterocycles. The van der Waals surface area contributed by atoms with Gasteiger partial charge in [-0.3, -0.25) is 9.69 Å². The first-order valence-corrected chi connectivity index (χ1v) is 7.97. The molecule has 2 heteroatoms. The first-order valence-electron chi connectivity index (χ1n) is 7.97. The van der Waals surface area contributed by atoms with Gasteiger partial charge in [0.25, 0.3) is 0 Å². The van der Waals surface area contributed by atoms with Gasteiger partial charge in [0.2, 0.25) is 0 Å². The molecule has 0 aromatic heterocycles. The van der Waals surface area contributed by atoms with Gasteiger partial charge in [0, 0.05) is 6.42 Å². The van der Waals surface area contributed by atoms with Gasteiger partial charge in [0.1, 0.15) is 0 Å². The first kappa shape index (κ1) is 17.9. The number of carbonyl (C=O) groups excluding carboxylic acids is 1. The minimum absolute atomic E-state index is 0.156. The van der Waals surface area contributed by atoms with Gasteiger partial charge in [-0.1, -0.05) is 58.9 Å². The largest absolute Gasteiger partial charge is 0.297 e. The molecule has 0 bridgehead atoms. The minimum atomic E-state index is -0.331. The van der Waals surface area contributed by atoms with E-state index in [0.29, 0.717) is 12.2 Å². The van der Waals surface area contributed by atoms with Crippen molar-refractivity contribution in [1.29, 1.82) is 0 Å². The van der Waals surface area contributed by atoms with Gasteiger partial charge in [-0.25, -0.2) is 0 Å². The van der Waals surface area contributed by atoms with Crippen LogP contribution in [0.4, 0.5) is 0 Å². The van der Waals surface area contributed by atoms with Crippen LogP contribution in [0.2, 0.25) is 0 Å². The Morgan fingerprint density at radius 3 is 1.81 bits per heavy atom. The fourth-order valence-electron chi connectivity index (χ4n) is 3.00. The van der Waals surface area contributed by atoms with E-state index in [1.165, 1.54) is 5.56 Å². The average molecular weight is 289 g/mol. The molecule has 118 valence electrons. The van der Waals surface area contributed by atoms with Crippen LogP contribution in [-0.4, -0.2) is 30.3 Å². The van der Waals surface area contributed by atoms with Gasteiger partial charge in [-0.2, -0.15) is 0 Å². The number of hydrogen-bond donors (Lipinski definition) is 0. The maximum Gasteiger partial charge on any atom is 0.157 e. The third-order valence-corrected chi connectivity index (χ3v) is 4.73. The number of Topliss-reactive ketones (excluding diaryl/α,β-unsaturated/α-hetero) is 1. The first-order chi connectivity index (χ1) is 9.67. The second-order valence-corrected chi connectivity index (χ2v) is 7.18. The Labute approximate surface area is 130 Å². The Kier molecular flexibility index (Phi) is 5.75. The Balaban J connectivity index is 2.93.